The first-order valence-electron chi connectivity index (χ1n) is 9.07. The van der Waals surface area contributed by atoms with Gasteiger partial charge in [0, 0.05) is 17.7 Å². The van der Waals surface area contributed by atoms with Crippen LogP contribution >= 0.6 is 0 Å². The topological polar surface area (TPSA) is 30.5 Å². The number of benzene rings is 3. The van der Waals surface area contributed by atoms with E-state index in [-0.39, 0.29) is 11.9 Å². The van der Waals surface area contributed by atoms with Crippen molar-refractivity contribution in [3.63, 3.8) is 0 Å². The Kier molecular flexibility index (Phi) is 6.97. The molecule has 0 radical (unpaired) electrons. The lowest BCUT2D eigenvalue weighted by molar-refractivity contribution is 0.0516. The Balaban J connectivity index is 1.87. The minimum absolute atomic E-state index is 0.268. The Morgan fingerprint density at radius 3 is 2.26 bits per heavy atom. The number of para-hydroxylation sites is 1. The molecule has 0 fully saturated rings. The molecular weight excluding hydrogens is 341 g/mol. The molecule has 3 nitrogen and oxygen atoms in total. The van der Waals surface area contributed by atoms with Crippen LogP contribution in [0.3, 0.4) is 0 Å². The monoisotopic (exact) mass is 365 g/mol. The van der Waals surface area contributed by atoms with Crippen LogP contribution in [0.5, 0.6) is 5.75 Å². The lowest BCUT2D eigenvalue weighted by atomic mass is 10.0. The second-order valence-corrected chi connectivity index (χ2v) is 6.17. The Labute approximate surface area is 159 Å². The van der Waals surface area contributed by atoms with Crippen LogP contribution in [-0.4, -0.2) is 26.8 Å². The SMILES string of the molecule is CNCCOC[C@@H](Oc1ccccc1-c1ccccc1F)c1ccccc1. The second kappa shape index (κ2) is 9.86. The van der Waals surface area contributed by atoms with E-state index in [1.54, 1.807) is 12.1 Å². The summed E-state index contributed by atoms with van der Waals surface area (Å²) in [4.78, 5) is 0. The molecule has 3 aromatic rings. The number of hydrogen-bond acceptors (Lipinski definition) is 3. The first kappa shape index (κ1) is 19.1. The molecule has 0 bridgehead atoms. The summed E-state index contributed by atoms with van der Waals surface area (Å²) in [7, 11) is 1.89. The van der Waals surface area contributed by atoms with Gasteiger partial charge in [-0.1, -0.05) is 66.7 Å². The van der Waals surface area contributed by atoms with Gasteiger partial charge in [0.15, 0.2) is 0 Å². The first-order valence-corrected chi connectivity index (χ1v) is 9.07. The van der Waals surface area contributed by atoms with E-state index in [1.807, 2.05) is 67.7 Å². The summed E-state index contributed by atoms with van der Waals surface area (Å²) in [6.45, 7) is 1.78. The summed E-state index contributed by atoms with van der Waals surface area (Å²) < 4.78 is 26.4. The molecule has 0 aliphatic carbocycles. The molecule has 0 aromatic heterocycles. The van der Waals surface area contributed by atoms with Gasteiger partial charge in [0.25, 0.3) is 0 Å². The average Bonchev–Trinajstić information content (AvgIpc) is 2.72. The largest absolute Gasteiger partial charge is 0.483 e. The smallest absolute Gasteiger partial charge is 0.147 e. The minimum atomic E-state index is -0.282. The van der Waals surface area contributed by atoms with E-state index in [9.17, 15) is 4.39 Å². The van der Waals surface area contributed by atoms with Crippen LogP contribution in [0.2, 0.25) is 0 Å². The lowest BCUT2D eigenvalue weighted by Crippen LogP contribution is -2.20. The van der Waals surface area contributed by atoms with Gasteiger partial charge < -0.3 is 14.8 Å². The standard InChI is InChI=1S/C23H24FNO2/c1-25-15-16-26-17-23(18-9-3-2-4-10-18)27-22-14-8-6-12-20(22)19-11-5-7-13-21(19)24/h2-14,23,25H,15-17H2,1H3/t23-/m1/s1. The molecule has 0 saturated heterocycles. The summed E-state index contributed by atoms with van der Waals surface area (Å²) >= 11 is 0. The molecule has 27 heavy (non-hydrogen) atoms. The van der Waals surface area contributed by atoms with Gasteiger partial charge in [-0.2, -0.15) is 0 Å². The summed E-state index contributed by atoms with van der Waals surface area (Å²) in [5, 5.41) is 3.06. The van der Waals surface area contributed by atoms with E-state index in [0.29, 0.717) is 24.5 Å². The second-order valence-electron chi connectivity index (χ2n) is 6.17. The van der Waals surface area contributed by atoms with Crippen LogP contribution in [0, 0.1) is 5.82 Å². The third-order valence-electron chi connectivity index (χ3n) is 4.26. The van der Waals surface area contributed by atoms with Crippen molar-refractivity contribution in [2.24, 2.45) is 0 Å². The van der Waals surface area contributed by atoms with Crippen LogP contribution in [0.25, 0.3) is 11.1 Å². The minimum Gasteiger partial charge on any atom is -0.483 e. The Morgan fingerprint density at radius 1 is 0.852 bits per heavy atom. The van der Waals surface area contributed by atoms with Gasteiger partial charge >= 0.3 is 0 Å². The zero-order valence-corrected chi connectivity index (χ0v) is 15.4. The molecule has 0 saturated carbocycles. The lowest BCUT2D eigenvalue weighted by Gasteiger charge is -2.22. The Bertz CT molecular complexity index is 839. The van der Waals surface area contributed by atoms with Crippen LogP contribution in [0.1, 0.15) is 11.7 Å². The zero-order chi connectivity index (χ0) is 18.9. The normalized spacial score (nSPS) is 11.9. The fourth-order valence-electron chi connectivity index (χ4n) is 2.86. The van der Waals surface area contributed by atoms with Gasteiger partial charge in [-0.15, -0.1) is 0 Å². The van der Waals surface area contributed by atoms with Gasteiger partial charge in [-0.05, 0) is 24.7 Å². The average molecular weight is 365 g/mol. The van der Waals surface area contributed by atoms with E-state index >= 15 is 0 Å². The Morgan fingerprint density at radius 2 is 1.52 bits per heavy atom. The number of rotatable bonds is 9. The number of halogens is 1. The van der Waals surface area contributed by atoms with Gasteiger partial charge in [0.05, 0.1) is 13.2 Å². The van der Waals surface area contributed by atoms with Crippen molar-refractivity contribution in [3.05, 3.63) is 90.2 Å². The summed E-state index contributed by atoms with van der Waals surface area (Å²) in [6, 6.07) is 24.2. The molecule has 0 heterocycles. The van der Waals surface area contributed by atoms with E-state index < -0.39 is 0 Å². The van der Waals surface area contributed by atoms with Crippen LogP contribution in [0.15, 0.2) is 78.9 Å². The van der Waals surface area contributed by atoms with Crippen molar-refractivity contribution in [2.45, 2.75) is 6.10 Å². The molecule has 1 atom stereocenters. The van der Waals surface area contributed by atoms with Gasteiger partial charge in [0.2, 0.25) is 0 Å². The first-order chi connectivity index (χ1) is 13.3. The maximum absolute atomic E-state index is 14.3. The maximum Gasteiger partial charge on any atom is 0.147 e. The molecule has 0 aliphatic rings. The summed E-state index contributed by atoms with van der Waals surface area (Å²) in [5.74, 6) is 0.365. The number of nitrogens with one attached hydrogen (secondary N) is 1. The molecule has 3 aromatic carbocycles. The quantitative estimate of drug-likeness (QED) is 0.550. The fourth-order valence-corrected chi connectivity index (χ4v) is 2.86. The van der Waals surface area contributed by atoms with E-state index in [0.717, 1.165) is 17.7 Å². The highest BCUT2D eigenvalue weighted by atomic mass is 19.1. The molecule has 3 rings (SSSR count). The number of hydrogen-bond donors (Lipinski definition) is 1. The van der Waals surface area contributed by atoms with Crippen molar-refractivity contribution in [1.82, 2.24) is 5.32 Å². The third-order valence-corrected chi connectivity index (χ3v) is 4.26. The molecule has 140 valence electrons. The highest BCUT2D eigenvalue weighted by Gasteiger charge is 2.17. The highest BCUT2D eigenvalue weighted by molar-refractivity contribution is 5.70. The van der Waals surface area contributed by atoms with Crippen molar-refractivity contribution < 1.29 is 13.9 Å². The van der Waals surface area contributed by atoms with Crippen LogP contribution < -0.4 is 10.1 Å². The van der Waals surface area contributed by atoms with Gasteiger partial charge in [0.1, 0.15) is 17.7 Å². The number of likely N-dealkylation sites (N-methyl/N-ethyl adjacent to an activating group) is 1. The zero-order valence-electron chi connectivity index (χ0n) is 15.4. The van der Waals surface area contributed by atoms with Crippen molar-refractivity contribution in [2.75, 3.05) is 26.8 Å². The van der Waals surface area contributed by atoms with Gasteiger partial charge in [-0.25, -0.2) is 4.39 Å². The molecule has 0 spiro atoms. The molecule has 0 amide bonds. The molecule has 1 N–H and O–H groups in total. The molecule has 0 aliphatic heterocycles. The maximum atomic E-state index is 14.3. The molecule has 4 heteroatoms. The molecule has 0 unspecified atom stereocenters. The third kappa shape index (κ3) is 5.16. The summed E-state index contributed by atoms with van der Waals surface area (Å²) in [5.41, 5.74) is 2.27. The van der Waals surface area contributed by atoms with E-state index in [1.165, 1.54) is 6.07 Å². The van der Waals surface area contributed by atoms with E-state index in [4.69, 9.17) is 9.47 Å². The van der Waals surface area contributed by atoms with Crippen molar-refractivity contribution in [3.8, 4) is 16.9 Å². The van der Waals surface area contributed by atoms with E-state index in [2.05, 4.69) is 5.32 Å². The Hall–Kier alpha value is -2.69. The highest BCUT2D eigenvalue weighted by Crippen LogP contribution is 2.34. The molecular formula is C23H24FNO2. The fraction of sp³-hybridized carbons (Fsp3) is 0.217. The number of ether oxygens (including phenoxy) is 2. The predicted molar refractivity (Wildman–Crippen MR) is 106 cm³/mol. The predicted octanol–water partition coefficient (Wildman–Crippen LogP) is 4.85. The van der Waals surface area contributed by atoms with Crippen molar-refractivity contribution in [1.29, 1.82) is 0 Å². The summed E-state index contributed by atoms with van der Waals surface area (Å²) in [6.07, 6.45) is -0.282. The van der Waals surface area contributed by atoms with Crippen LogP contribution in [-0.2, 0) is 4.74 Å². The van der Waals surface area contributed by atoms with Crippen LogP contribution in [0.4, 0.5) is 4.39 Å². The van der Waals surface area contributed by atoms with Crippen molar-refractivity contribution >= 4 is 0 Å². The van der Waals surface area contributed by atoms with Gasteiger partial charge in [-0.3, -0.25) is 0 Å².